The zero-order chi connectivity index (χ0) is 14.1. The van der Waals surface area contributed by atoms with E-state index >= 15 is 0 Å². The number of hydrogen-bond donors (Lipinski definition) is 0. The van der Waals surface area contributed by atoms with Gasteiger partial charge in [0.15, 0.2) is 0 Å². The highest BCUT2D eigenvalue weighted by molar-refractivity contribution is 7.90. The minimum atomic E-state index is -6.73. The topological polar surface area (TPSA) is 37.4 Å². The molecule has 1 saturated heterocycles. The smallest absolute Gasteiger partial charge is 0.205 e. The number of rotatable bonds is 0. The number of hydrogen-bond acceptors (Lipinski definition) is 2. The molecular weight excluding hydrogens is 290 g/mol. The second-order valence-electron chi connectivity index (χ2n) is 3.18. The zero-order valence-corrected chi connectivity index (χ0v) is 8.51. The second kappa shape index (κ2) is 3.02. The Morgan fingerprint density at radius 3 is 1.53 bits per heavy atom. The molecule has 1 fully saturated rings. The van der Waals surface area contributed by atoms with Gasteiger partial charge in [-0.1, -0.05) is 0 Å². The van der Waals surface area contributed by atoms with Gasteiger partial charge in [-0.25, -0.2) is 8.42 Å². The van der Waals surface area contributed by atoms with Gasteiger partial charge in [-0.15, -0.1) is 4.31 Å². The summed E-state index contributed by atoms with van der Waals surface area (Å²) in [5.74, 6) is -13.3. The Bertz CT molecular complexity index is 443. The average Bonchev–Trinajstić information content (AvgIpc) is 2.13. The van der Waals surface area contributed by atoms with Crippen LogP contribution in [0.25, 0.3) is 0 Å². The fourth-order valence-corrected chi connectivity index (χ4v) is 2.27. The Labute approximate surface area is 89.0 Å². The maximum absolute atomic E-state index is 12.7. The van der Waals surface area contributed by atoms with Crippen LogP contribution >= 0.6 is 0 Å². The molecule has 0 atom stereocenters. The molecule has 1 aliphatic rings. The second-order valence-corrected chi connectivity index (χ2v) is 5.19. The largest absolute Gasteiger partial charge is 0.427 e. The van der Waals surface area contributed by atoms with Gasteiger partial charge >= 0.3 is 23.1 Å². The third-order valence-corrected chi connectivity index (χ3v) is 4.07. The molecule has 0 aromatic rings. The van der Waals surface area contributed by atoms with Gasteiger partial charge < -0.3 is 0 Å². The first kappa shape index (κ1) is 14.4. The zero-order valence-electron chi connectivity index (χ0n) is 7.70. The summed E-state index contributed by atoms with van der Waals surface area (Å²) in [6.07, 6.45) is 0. The summed E-state index contributed by atoms with van der Waals surface area (Å²) < 4.78 is 120. The highest BCUT2D eigenvalue weighted by Gasteiger charge is 2.91. The van der Waals surface area contributed by atoms with Crippen molar-refractivity contribution in [2.45, 2.75) is 23.1 Å². The van der Waals surface area contributed by atoms with E-state index in [4.69, 9.17) is 0 Å². The number of sulfonamides is 1. The fraction of sp³-hybridized carbons (Fsp3) is 1.00. The molecule has 12 heteroatoms. The van der Waals surface area contributed by atoms with Crippen molar-refractivity contribution in [3.05, 3.63) is 0 Å². The molecule has 0 aromatic heterocycles. The lowest BCUT2D eigenvalue weighted by molar-refractivity contribution is -0.382. The first-order valence-corrected chi connectivity index (χ1v) is 5.09. The molecule has 0 aliphatic carbocycles. The summed E-state index contributed by atoms with van der Waals surface area (Å²) in [6.45, 7) is 0. The van der Waals surface area contributed by atoms with Gasteiger partial charge in [0.1, 0.15) is 0 Å². The fourth-order valence-electron chi connectivity index (χ4n) is 1.05. The third-order valence-electron chi connectivity index (χ3n) is 2.22. The van der Waals surface area contributed by atoms with Gasteiger partial charge in [0.2, 0.25) is 0 Å². The maximum atomic E-state index is 12.7. The lowest BCUT2D eigenvalue weighted by atomic mass is 10.1. The molecule has 0 spiro atoms. The summed E-state index contributed by atoms with van der Waals surface area (Å²) in [7, 11) is -6.95. The van der Waals surface area contributed by atoms with Crippen LogP contribution < -0.4 is 0 Å². The Morgan fingerprint density at radius 1 is 0.824 bits per heavy atom. The lowest BCUT2D eigenvalue weighted by Crippen LogP contribution is -2.76. The van der Waals surface area contributed by atoms with Crippen LogP contribution in [-0.4, -0.2) is 42.9 Å². The van der Waals surface area contributed by atoms with Crippen LogP contribution in [0.15, 0.2) is 0 Å². The highest BCUT2D eigenvalue weighted by Crippen LogP contribution is 2.60. The first-order chi connectivity index (χ1) is 7.15. The van der Waals surface area contributed by atoms with Crippen LogP contribution in [0.5, 0.6) is 0 Å². The van der Waals surface area contributed by atoms with Gasteiger partial charge in [0, 0.05) is 7.05 Å². The molecule has 0 amide bonds. The molecule has 0 bridgehead atoms. The Morgan fingerprint density at radius 2 is 1.18 bits per heavy atom. The molecular formula is C5H3F8NO2S. The van der Waals surface area contributed by atoms with E-state index < -0.39 is 37.5 Å². The molecule has 1 rings (SSSR count). The lowest BCUT2D eigenvalue weighted by Gasteiger charge is -2.45. The predicted molar refractivity (Wildman–Crippen MR) is 36.5 cm³/mol. The molecule has 0 unspecified atom stereocenters. The standard InChI is InChI=1S/C5H3F8NO2S/c1-14-4(10,11)2(6,7)3(8,9)5(12,13)17(14,15)16/h1H3. The van der Waals surface area contributed by atoms with Crippen molar-refractivity contribution in [1.82, 2.24) is 4.31 Å². The molecule has 17 heavy (non-hydrogen) atoms. The van der Waals surface area contributed by atoms with Gasteiger partial charge in [0.05, 0.1) is 0 Å². The first-order valence-electron chi connectivity index (χ1n) is 3.65. The predicted octanol–water partition coefficient (Wildman–Crippen LogP) is 1.72. The average molecular weight is 293 g/mol. The van der Waals surface area contributed by atoms with E-state index in [0.29, 0.717) is 0 Å². The van der Waals surface area contributed by atoms with Crippen LogP contribution in [0.4, 0.5) is 35.1 Å². The maximum Gasteiger partial charge on any atom is 0.427 e. The molecule has 1 heterocycles. The van der Waals surface area contributed by atoms with E-state index in [-0.39, 0.29) is 7.05 Å². The molecule has 1 aliphatic heterocycles. The Kier molecular flexibility index (Phi) is 2.56. The Hall–Kier alpha value is -0.650. The van der Waals surface area contributed by atoms with E-state index in [1.54, 1.807) is 0 Å². The number of alkyl halides is 8. The number of nitrogens with zero attached hydrogens (tertiary/aromatic N) is 1. The van der Waals surface area contributed by atoms with Crippen molar-refractivity contribution in [2.24, 2.45) is 0 Å². The minimum absolute atomic E-state index is 0.341. The van der Waals surface area contributed by atoms with Crippen LogP contribution in [0.3, 0.4) is 0 Å². The van der Waals surface area contributed by atoms with Crippen LogP contribution in [0, 0.1) is 0 Å². The summed E-state index contributed by atoms with van der Waals surface area (Å²) in [4.78, 5) is 0. The van der Waals surface area contributed by atoms with Crippen LogP contribution in [-0.2, 0) is 10.0 Å². The van der Waals surface area contributed by atoms with E-state index in [2.05, 4.69) is 0 Å². The highest BCUT2D eigenvalue weighted by atomic mass is 32.2. The summed E-state index contributed by atoms with van der Waals surface area (Å²) in [5.41, 5.74) is 0. The van der Waals surface area contributed by atoms with E-state index in [1.165, 1.54) is 0 Å². The minimum Gasteiger partial charge on any atom is -0.205 e. The molecule has 0 saturated carbocycles. The molecule has 3 nitrogen and oxygen atoms in total. The van der Waals surface area contributed by atoms with Crippen LogP contribution in [0.2, 0.25) is 0 Å². The third kappa shape index (κ3) is 1.22. The SMILES string of the molecule is CN1C(F)(F)C(F)(F)C(F)(F)C(F)(F)S1(=O)=O. The van der Waals surface area contributed by atoms with Crippen LogP contribution in [0.1, 0.15) is 0 Å². The summed E-state index contributed by atoms with van der Waals surface area (Å²) in [6, 6.07) is -5.96. The van der Waals surface area contributed by atoms with Crippen molar-refractivity contribution in [3.8, 4) is 0 Å². The molecule has 0 N–H and O–H groups in total. The molecule has 0 aromatic carbocycles. The van der Waals surface area contributed by atoms with Crippen molar-refractivity contribution in [3.63, 3.8) is 0 Å². The van der Waals surface area contributed by atoms with Gasteiger partial charge in [-0.3, -0.25) is 0 Å². The van der Waals surface area contributed by atoms with Crippen molar-refractivity contribution < 1.29 is 43.5 Å². The van der Waals surface area contributed by atoms with E-state index in [9.17, 15) is 43.5 Å². The van der Waals surface area contributed by atoms with Gasteiger partial charge in [-0.05, 0) is 0 Å². The monoisotopic (exact) mass is 293 g/mol. The van der Waals surface area contributed by atoms with Crippen molar-refractivity contribution in [2.75, 3.05) is 7.05 Å². The van der Waals surface area contributed by atoms with Gasteiger partial charge in [-0.2, -0.15) is 35.1 Å². The van der Waals surface area contributed by atoms with Crippen molar-refractivity contribution >= 4 is 10.0 Å². The molecule has 0 radical (unpaired) electrons. The quantitative estimate of drug-likeness (QED) is 0.504. The molecule has 102 valence electrons. The van der Waals surface area contributed by atoms with Crippen molar-refractivity contribution in [1.29, 1.82) is 0 Å². The summed E-state index contributed by atoms with van der Waals surface area (Å²) in [5, 5.41) is -6.33. The van der Waals surface area contributed by atoms with E-state index in [1.807, 2.05) is 0 Å². The number of halogens is 8. The summed E-state index contributed by atoms with van der Waals surface area (Å²) >= 11 is 0. The van der Waals surface area contributed by atoms with E-state index in [0.717, 1.165) is 0 Å². The van der Waals surface area contributed by atoms with Gasteiger partial charge in [0.25, 0.3) is 10.0 Å². The normalized spacial score (nSPS) is 33.2. The Balaban J connectivity index is 3.69.